The molecule has 0 radical (unpaired) electrons. The maximum absolute atomic E-state index is 14.7. The molecule has 0 spiro atoms. The first kappa shape index (κ1) is 76.5. The number of hydrogen-bond acceptors (Lipinski definition) is 15. The third kappa shape index (κ3) is 22.7. The number of urea groups is 1. The number of alkyl carbamates (subject to hydrolysis) is 1. The van der Waals surface area contributed by atoms with Crippen molar-refractivity contribution in [3.8, 4) is 0 Å². The number of primary amides is 1. The number of rotatable bonds is 37. The Bertz CT molecular complexity index is 2840. The number of unbranched alkanes of at least 4 members (excludes halogenated alkanes) is 2. The molecule has 2 heterocycles. The topological polar surface area (TPSA) is 356 Å². The predicted octanol–water partition coefficient (Wildman–Crippen LogP) is 4.49. The van der Waals surface area contributed by atoms with Crippen LogP contribution in [0.15, 0.2) is 66.7 Å². The fraction of sp³-hybridized carbons (Fsp3) is 0.621. The zero-order chi connectivity index (χ0) is 68.6. The van der Waals surface area contributed by atoms with Gasteiger partial charge in [0.25, 0.3) is 11.8 Å². The largest absolute Gasteiger partial charge is 0.445 e. The number of nitrogens with one attached hydrogen (secondary N) is 7. The SMILES string of the molecule is CC[C@H](C)[C@@H]([C@@H](CC(=O)N1CCC[C@H]1[C@H](OC)[C@@H](C)C(=O)N[C@H](C)[C@@H](O)c1ccccc1)OC)N(C)C(=O)[C@@H](NC(=O)C(C)(C)NC(=O)OCc1ccc(NC(=O)[C@H](CCCNC(N)=O)NC(=O)C(NC(=O)CCCCCN2C(=O)C=CC2=O)C(C)C)cc1)C(C)C. The smallest absolute Gasteiger partial charge is 0.408 e. The first-order valence-corrected chi connectivity index (χ1v) is 31.9. The van der Waals surface area contributed by atoms with Gasteiger partial charge in [0.15, 0.2) is 0 Å². The van der Waals surface area contributed by atoms with Crippen molar-refractivity contribution in [2.75, 3.05) is 46.2 Å². The lowest BCUT2D eigenvalue weighted by molar-refractivity contribution is -0.148. The van der Waals surface area contributed by atoms with E-state index in [0.29, 0.717) is 61.9 Å². The number of ether oxygens (including phenoxy) is 3. The van der Waals surface area contributed by atoms with Crippen LogP contribution in [0, 0.1) is 23.7 Å². The lowest BCUT2D eigenvalue weighted by Crippen LogP contribution is -2.62. The molecule has 1 unspecified atom stereocenters. The second-order valence-corrected chi connectivity index (χ2v) is 25.2. The number of anilines is 1. The fourth-order valence-electron chi connectivity index (χ4n) is 11.4. The van der Waals surface area contributed by atoms with Gasteiger partial charge >= 0.3 is 12.1 Å². The van der Waals surface area contributed by atoms with E-state index in [4.69, 9.17) is 19.9 Å². The number of benzene rings is 2. The Kier molecular flexibility index (Phi) is 30.7. The maximum atomic E-state index is 14.7. The number of imide groups is 1. The standard InChI is InChI=1S/C66H101N11O15/c1-14-41(6)56(49(90-12)37-53(81)76-36-22-26-48(76)58(91-13)42(7)59(83)69-43(8)57(82)45-23-17-15-18-24-45)75(11)62(86)55(40(4)5)73-63(87)66(9,10)74-65(89)92-38-44-28-30-46(31-29-44)70-60(84)47(25-21-34-68-64(67)88)71-61(85)54(39(2)3)72-50(78)27-19-16-20-35-77-51(79)32-33-52(77)80/h15,17-18,23-24,28-33,39-43,47-49,54-58,82H,14,16,19-22,25-27,34-38H2,1-13H3,(H,69,83)(H,70,84)(H,71,85)(H,72,78)(H,73,87)(H,74,89)(H3,67,68,88)/t41-,42+,43+,47-,48-,49+,54?,55-,56-,57+,58+/m0/s1. The number of likely N-dealkylation sites (tertiary alicyclic amines) is 1. The number of carbonyl (C=O) groups is 11. The Labute approximate surface area is 541 Å². The monoisotopic (exact) mass is 1290 g/mol. The molecule has 2 aromatic rings. The molecular weight excluding hydrogens is 1190 g/mol. The number of likely N-dealkylation sites (N-methyl/N-ethyl adjacent to an activating group) is 1. The molecule has 26 nitrogen and oxygen atoms in total. The van der Waals surface area contributed by atoms with Gasteiger partial charge in [-0.15, -0.1) is 0 Å². The highest BCUT2D eigenvalue weighted by molar-refractivity contribution is 6.12. The van der Waals surface area contributed by atoms with Crippen LogP contribution in [0.3, 0.4) is 0 Å². The van der Waals surface area contributed by atoms with Crippen LogP contribution in [0.25, 0.3) is 0 Å². The summed E-state index contributed by atoms with van der Waals surface area (Å²) in [7, 11) is 4.62. The van der Waals surface area contributed by atoms with Gasteiger partial charge in [0.05, 0.1) is 48.8 Å². The minimum absolute atomic E-state index is 0.0826. The summed E-state index contributed by atoms with van der Waals surface area (Å²) in [4.78, 5) is 150. The van der Waals surface area contributed by atoms with Crippen molar-refractivity contribution in [1.29, 1.82) is 0 Å². The number of nitrogens with zero attached hydrogens (tertiary/aromatic N) is 3. The number of carbonyl (C=O) groups excluding carboxylic acids is 11. The van der Waals surface area contributed by atoms with Crippen LogP contribution < -0.4 is 43.0 Å². The average molecular weight is 1290 g/mol. The number of aliphatic hydroxyl groups is 1. The summed E-state index contributed by atoms with van der Waals surface area (Å²) in [5, 5.41) is 30.0. The molecule has 510 valence electrons. The van der Waals surface area contributed by atoms with Crippen molar-refractivity contribution in [2.45, 2.75) is 200 Å². The number of hydrogen-bond donors (Lipinski definition) is 9. The molecule has 0 saturated carbocycles. The van der Waals surface area contributed by atoms with Crippen molar-refractivity contribution < 1.29 is 72.1 Å². The fourth-order valence-corrected chi connectivity index (χ4v) is 11.4. The third-order valence-electron chi connectivity index (χ3n) is 17.1. The lowest BCUT2D eigenvalue weighted by atomic mass is 9.89. The molecule has 4 rings (SSSR count). The van der Waals surface area contributed by atoms with Gasteiger partial charge in [-0.3, -0.25) is 48.1 Å². The Morgan fingerprint density at radius 2 is 1.41 bits per heavy atom. The summed E-state index contributed by atoms with van der Waals surface area (Å²) >= 11 is 0. The molecular formula is C66H101N11O15. The Morgan fingerprint density at radius 1 is 0.772 bits per heavy atom. The molecule has 2 aliphatic heterocycles. The Morgan fingerprint density at radius 3 is 2.00 bits per heavy atom. The van der Waals surface area contributed by atoms with E-state index in [0.717, 1.165) is 4.90 Å². The van der Waals surface area contributed by atoms with E-state index in [2.05, 4.69) is 37.2 Å². The van der Waals surface area contributed by atoms with E-state index in [9.17, 15) is 57.8 Å². The van der Waals surface area contributed by atoms with E-state index in [1.807, 2.05) is 32.0 Å². The molecule has 1 fully saturated rings. The van der Waals surface area contributed by atoms with Crippen LogP contribution >= 0.6 is 0 Å². The van der Waals surface area contributed by atoms with Gasteiger partial charge < -0.3 is 72.1 Å². The van der Waals surface area contributed by atoms with Crippen molar-refractivity contribution in [3.05, 3.63) is 77.9 Å². The highest BCUT2D eigenvalue weighted by Gasteiger charge is 2.44. The maximum Gasteiger partial charge on any atom is 0.408 e. The van der Waals surface area contributed by atoms with E-state index in [-0.39, 0.29) is 80.8 Å². The first-order chi connectivity index (χ1) is 43.5. The minimum Gasteiger partial charge on any atom is -0.445 e. The van der Waals surface area contributed by atoms with Crippen LogP contribution in [-0.4, -0.2) is 180 Å². The van der Waals surface area contributed by atoms with Crippen molar-refractivity contribution in [1.82, 2.24) is 46.6 Å². The second kappa shape index (κ2) is 36.9. The van der Waals surface area contributed by atoms with E-state index in [1.54, 1.807) is 89.9 Å². The Hall–Kier alpha value is -7.97. The molecule has 26 heteroatoms. The van der Waals surface area contributed by atoms with Crippen molar-refractivity contribution >= 4 is 71.0 Å². The first-order valence-electron chi connectivity index (χ1n) is 31.9. The second-order valence-electron chi connectivity index (χ2n) is 25.2. The van der Waals surface area contributed by atoms with Crippen molar-refractivity contribution in [2.24, 2.45) is 29.4 Å². The molecule has 11 atom stereocenters. The van der Waals surface area contributed by atoms with Crippen LogP contribution in [0.1, 0.15) is 151 Å². The lowest BCUT2D eigenvalue weighted by Gasteiger charge is -2.41. The molecule has 1 saturated heterocycles. The molecule has 10 N–H and O–H groups in total. The normalized spacial score (nSPS) is 17.3. The summed E-state index contributed by atoms with van der Waals surface area (Å²) in [6.45, 7) is 17.9. The van der Waals surface area contributed by atoms with Gasteiger partial charge in [-0.25, -0.2) is 9.59 Å². The number of amides is 12. The van der Waals surface area contributed by atoms with Gasteiger partial charge in [-0.1, -0.05) is 104 Å². The Balaban J connectivity index is 1.34. The van der Waals surface area contributed by atoms with Crippen LogP contribution in [0.2, 0.25) is 0 Å². The zero-order valence-electron chi connectivity index (χ0n) is 55.8. The average Bonchev–Trinajstić information content (AvgIpc) is 1.31. The van der Waals surface area contributed by atoms with Gasteiger partial charge in [-0.2, -0.15) is 0 Å². The molecule has 2 aliphatic rings. The molecule has 92 heavy (non-hydrogen) atoms. The van der Waals surface area contributed by atoms with Gasteiger partial charge in [-0.05, 0) is 100 Å². The minimum atomic E-state index is -1.59. The van der Waals surface area contributed by atoms with Gasteiger partial charge in [0, 0.05) is 65.2 Å². The molecule has 2 aromatic carbocycles. The van der Waals surface area contributed by atoms with E-state index in [1.165, 1.54) is 45.1 Å². The summed E-state index contributed by atoms with van der Waals surface area (Å²) < 4.78 is 17.5. The predicted molar refractivity (Wildman–Crippen MR) is 344 cm³/mol. The number of methoxy groups -OCH3 is 2. The number of nitrogens with two attached hydrogens (primary N) is 1. The third-order valence-corrected chi connectivity index (χ3v) is 17.1. The molecule has 0 bridgehead atoms. The highest BCUT2D eigenvalue weighted by atomic mass is 16.5. The van der Waals surface area contributed by atoms with Crippen LogP contribution in [0.5, 0.6) is 0 Å². The van der Waals surface area contributed by atoms with Gasteiger partial charge in [0.1, 0.15) is 30.3 Å². The van der Waals surface area contributed by atoms with Crippen LogP contribution in [-0.2, 0) is 64.0 Å². The zero-order valence-corrected chi connectivity index (χ0v) is 55.8. The van der Waals surface area contributed by atoms with E-state index >= 15 is 0 Å². The van der Waals surface area contributed by atoms with Crippen LogP contribution in [0.4, 0.5) is 15.3 Å². The van der Waals surface area contributed by atoms with E-state index < -0.39 is 114 Å². The molecule has 12 amide bonds. The summed E-state index contributed by atoms with van der Waals surface area (Å²) in [6.07, 6.45) is 2.81. The van der Waals surface area contributed by atoms with Gasteiger partial charge in [0.2, 0.25) is 41.4 Å². The molecule has 0 aromatic heterocycles. The quantitative estimate of drug-likeness (QED) is 0.0332. The highest BCUT2D eigenvalue weighted by Crippen LogP contribution is 2.30. The molecule has 0 aliphatic carbocycles. The summed E-state index contributed by atoms with van der Waals surface area (Å²) in [6, 6.07) is 9.72. The summed E-state index contributed by atoms with van der Waals surface area (Å²) in [5.74, 6) is -5.70. The number of aliphatic hydroxyl groups excluding tert-OH is 1. The summed E-state index contributed by atoms with van der Waals surface area (Å²) in [5.41, 5.74) is 5.14. The van der Waals surface area contributed by atoms with Crippen molar-refractivity contribution in [3.63, 3.8) is 0 Å².